The molecular formula is C18H18F3N3O. The lowest BCUT2D eigenvalue weighted by Crippen LogP contribution is -2.32. The van der Waals surface area contributed by atoms with E-state index in [0.717, 1.165) is 37.8 Å². The molecule has 1 heterocycles. The predicted octanol–water partition coefficient (Wildman–Crippen LogP) is 4.52. The van der Waals surface area contributed by atoms with Gasteiger partial charge in [-0.15, -0.1) is 0 Å². The van der Waals surface area contributed by atoms with Crippen LogP contribution >= 0.6 is 0 Å². The lowest BCUT2D eigenvalue weighted by atomic mass is 10.2. The third-order valence-corrected chi connectivity index (χ3v) is 4.18. The van der Waals surface area contributed by atoms with E-state index in [1.165, 1.54) is 18.3 Å². The Morgan fingerprint density at radius 3 is 2.52 bits per heavy atom. The van der Waals surface area contributed by atoms with Crippen LogP contribution in [0.2, 0.25) is 0 Å². The molecule has 4 nitrogen and oxygen atoms in total. The number of nitrogens with one attached hydrogen (secondary N) is 2. The van der Waals surface area contributed by atoms with Gasteiger partial charge >= 0.3 is 6.18 Å². The van der Waals surface area contributed by atoms with Crippen LogP contribution in [0, 0.1) is 0 Å². The van der Waals surface area contributed by atoms with Crippen LogP contribution in [0.15, 0.2) is 42.6 Å². The quantitative estimate of drug-likeness (QED) is 0.853. The number of hydrogen-bond acceptors (Lipinski definition) is 3. The lowest BCUT2D eigenvalue weighted by Gasteiger charge is -2.12. The molecule has 1 aliphatic rings. The monoisotopic (exact) mass is 349 g/mol. The van der Waals surface area contributed by atoms with Crippen LogP contribution in [-0.4, -0.2) is 16.9 Å². The number of pyridine rings is 1. The number of amides is 1. The Balaban J connectivity index is 1.65. The molecule has 1 aliphatic carbocycles. The summed E-state index contributed by atoms with van der Waals surface area (Å²) in [5.41, 5.74) is -0.0166. The number of hydrogen-bond donors (Lipinski definition) is 2. The number of alkyl halides is 3. The van der Waals surface area contributed by atoms with Crippen molar-refractivity contribution in [1.29, 1.82) is 0 Å². The van der Waals surface area contributed by atoms with Crippen LogP contribution < -0.4 is 10.6 Å². The van der Waals surface area contributed by atoms with Crippen LogP contribution in [0.1, 0.15) is 41.6 Å². The largest absolute Gasteiger partial charge is 0.416 e. The van der Waals surface area contributed by atoms with Crippen molar-refractivity contribution in [2.45, 2.75) is 37.9 Å². The molecule has 25 heavy (non-hydrogen) atoms. The summed E-state index contributed by atoms with van der Waals surface area (Å²) >= 11 is 0. The maximum Gasteiger partial charge on any atom is 0.416 e. The molecular weight excluding hydrogens is 331 g/mol. The molecule has 3 rings (SSSR count). The smallest absolute Gasteiger partial charge is 0.349 e. The molecule has 1 aromatic carbocycles. The van der Waals surface area contributed by atoms with Gasteiger partial charge in [-0.05, 0) is 43.2 Å². The van der Waals surface area contributed by atoms with Crippen LogP contribution in [0.3, 0.4) is 0 Å². The molecule has 1 fully saturated rings. The van der Waals surface area contributed by atoms with E-state index >= 15 is 0 Å². The van der Waals surface area contributed by atoms with Crippen LogP contribution in [0.4, 0.5) is 24.7 Å². The van der Waals surface area contributed by atoms with Gasteiger partial charge in [-0.1, -0.05) is 18.9 Å². The number of halogens is 3. The van der Waals surface area contributed by atoms with Crippen molar-refractivity contribution in [3.8, 4) is 0 Å². The van der Waals surface area contributed by atoms with Crippen molar-refractivity contribution in [1.82, 2.24) is 10.3 Å². The molecule has 0 bridgehead atoms. The van der Waals surface area contributed by atoms with Crippen molar-refractivity contribution in [3.05, 3.63) is 53.7 Å². The van der Waals surface area contributed by atoms with Crippen molar-refractivity contribution < 1.29 is 18.0 Å². The van der Waals surface area contributed by atoms with E-state index in [4.69, 9.17) is 0 Å². The summed E-state index contributed by atoms with van der Waals surface area (Å²) in [7, 11) is 0. The summed E-state index contributed by atoms with van der Waals surface area (Å²) in [4.78, 5) is 16.2. The van der Waals surface area contributed by atoms with E-state index in [0.29, 0.717) is 11.4 Å². The number of benzene rings is 1. The molecule has 0 spiro atoms. The fourth-order valence-electron chi connectivity index (χ4n) is 2.86. The zero-order valence-corrected chi connectivity index (χ0v) is 13.4. The second-order valence-corrected chi connectivity index (χ2v) is 6.09. The van der Waals surface area contributed by atoms with Crippen molar-refractivity contribution >= 4 is 17.4 Å². The Hall–Kier alpha value is -2.57. The number of nitrogens with zero attached hydrogens (tertiary/aromatic N) is 1. The molecule has 1 aromatic heterocycles. The van der Waals surface area contributed by atoms with Gasteiger partial charge in [0.15, 0.2) is 0 Å². The number of carbonyl (C=O) groups is 1. The van der Waals surface area contributed by atoms with Gasteiger partial charge in [-0.2, -0.15) is 13.2 Å². The van der Waals surface area contributed by atoms with Gasteiger partial charge in [0.05, 0.1) is 11.1 Å². The van der Waals surface area contributed by atoms with E-state index in [1.54, 1.807) is 12.1 Å². The first-order valence-electron chi connectivity index (χ1n) is 8.13. The Bertz CT molecular complexity index is 738. The minimum Gasteiger partial charge on any atom is -0.349 e. The highest BCUT2D eigenvalue weighted by Crippen LogP contribution is 2.31. The number of aromatic nitrogens is 1. The van der Waals surface area contributed by atoms with Gasteiger partial charge < -0.3 is 10.6 Å². The summed E-state index contributed by atoms with van der Waals surface area (Å²) in [6.07, 6.45) is 1.27. The predicted molar refractivity (Wildman–Crippen MR) is 88.7 cm³/mol. The summed E-state index contributed by atoms with van der Waals surface area (Å²) in [5.74, 6) is 0.196. The topological polar surface area (TPSA) is 54.0 Å². The fraction of sp³-hybridized carbons (Fsp3) is 0.333. The third-order valence-electron chi connectivity index (χ3n) is 4.18. The van der Waals surface area contributed by atoms with Crippen LogP contribution in [-0.2, 0) is 6.18 Å². The highest BCUT2D eigenvalue weighted by atomic mass is 19.4. The zero-order chi connectivity index (χ0) is 17.9. The van der Waals surface area contributed by atoms with Crippen molar-refractivity contribution in [2.75, 3.05) is 5.32 Å². The highest BCUT2D eigenvalue weighted by molar-refractivity contribution is 5.94. The summed E-state index contributed by atoms with van der Waals surface area (Å²) in [5, 5.41) is 5.78. The molecule has 0 aliphatic heterocycles. The van der Waals surface area contributed by atoms with Gasteiger partial charge in [0.2, 0.25) is 0 Å². The average Bonchev–Trinajstić information content (AvgIpc) is 3.08. The van der Waals surface area contributed by atoms with Crippen LogP contribution in [0.25, 0.3) is 0 Å². The van der Waals surface area contributed by atoms with E-state index in [1.807, 2.05) is 0 Å². The molecule has 132 valence electrons. The summed E-state index contributed by atoms with van der Waals surface area (Å²) in [6.45, 7) is 0. The molecule has 0 saturated heterocycles. The standard InChI is InChI=1S/C18H18F3N3O/c19-18(20,21)13-4-3-7-15(10-13)23-16-9-8-12(11-22-16)17(25)24-14-5-1-2-6-14/h3-4,7-11,14H,1-2,5-6H2,(H,22,23)(H,24,25). The molecule has 0 unspecified atom stereocenters. The lowest BCUT2D eigenvalue weighted by molar-refractivity contribution is -0.137. The second kappa shape index (κ2) is 7.13. The van der Waals surface area contributed by atoms with Crippen molar-refractivity contribution in [3.63, 3.8) is 0 Å². The van der Waals surface area contributed by atoms with E-state index < -0.39 is 11.7 Å². The Kier molecular flexibility index (Phi) is 4.92. The number of rotatable bonds is 4. The molecule has 1 amide bonds. The second-order valence-electron chi connectivity index (χ2n) is 6.09. The maximum atomic E-state index is 12.7. The normalized spacial score (nSPS) is 15.2. The summed E-state index contributed by atoms with van der Waals surface area (Å²) < 4.78 is 38.2. The van der Waals surface area contributed by atoms with Gasteiger partial charge in [0, 0.05) is 17.9 Å². The first-order valence-corrected chi connectivity index (χ1v) is 8.13. The van der Waals surface area contributed by atoms with E-state index in [-0.39, 0.29) is 17.6 Å². The first-order chi connectivity index (χ1) is 11.9. The van der Waals surface area contributed by atoms with Gasteiger partial charge in [-0.25, -0.2) is 4.98 Å². The van der Waals surface area contributed by atoms with E-state index in [2.05, 4.69) is 15.6 Å². The molecule has 2 N–H and O–H groups in total. The highest BCUT2D eigenvalue weighted by Gasteiger charge is 2.30. The molecule has 2 aromatic rings. The maximum absolute atomic E-state index is 12.7. The van der Waals surface area contributed by atoms with E-state index in [9.17, 15) is 18.0 Å². The molecule has 1 saturated carbocycles. The Morgan fingerprint density at radius 1 is 1.12 bits per heavy atom. The third kappa shape index (κ3) is 4.49. The van der Waals surface area contributed by atoms with Gasteiger partial charge in [0.25, 0.3) is 5.91 Å². The molecule has 7 heteroatoms. The number of carbonyl (C=O) groups excluding carboxylic acids is 1. The average molecular weight is 349 g/mol. The molecule has 0 atom stereocenters. The first kappa shape index (κ1) is 17.3. The zero-order valence-electron chi connectivity index (χ0n) is 13.4. The summed E-state index contributed by atoms with van der Waals surface area (Å²) in [6, 6.07) is 8.27. The van der Waals surface area contributed by atoms with Gasteiger partial charge in [-0.3, -0.25) is 4.79 Å². The molecule has 0 radical (unpaired) electrons. The fourth-order valence-corrected chi connectivity index (χ4v) is 2.86. The SMILES string of the molecule is O=C(NC1CCCC1)c1ccc(Nc2cccc(C(F)(F)F)c2)nc1. The Morgan fingerprint density at radius 2 is 1.88 bits per heavy atom. The van der Waals surface area contributed by atoms with Gasteiger partial charge in [0.1, 0.15) is 5.82 Å². The van der Waals surface area contributed by atoms with Crippen LogP contribution in [0.5, 0.6) is 0 Å². The number of anilines is 2. The van der Waals surface area contributed by atoms with Crippen molar-refractivity contribution in [2.24, 2.45) is 0 Å². The minimum atomic E-state index is -4.40. The Labute approximate surface area is 143 Å². The minimum absolute atomic E-state index is 0.176.